The smallest absolute Gasteiger partial charge is 0.159 e. The van der Waals surface area contributed by atoms with Crippen molar-refractivity contribution in [2.45, 2.75) is 112 Å². The van der Waals surface area contributed by atoms with Gasteiger partial charge in [-0.25, -0.2) is 0 Å². The number of hydrogen-bond acceptors (Lipinski definition) is 4. The van der Waals surface area contributed by atoms with Crippen molar-refractivity contribution in [3.05, 3.63) is 11.6 Å². The van der Waals surface area contributed by atoms with Crippen LogP contribution in [0.15, 0.2) is 11.6 Å². The zero-order valence-electron chi connectivity index (χ0n) is 22.4. The summed E-state index contributed by atoms with van der Waals surface area (Å²) >= 11 is 0. The molecule has 0 aliphatic heterocycles. The van der Waals surface area contributed by atoms with Crippen LogP contribution < -0.4 is 5.11 Å². The van der Waals surface area contributed by atoms with E-state index in [4.69, 9.17) is 0 Å². The highest BCUT2D eigenvalue weighted by atomic mass is 16.4. The number of carbonyl (C=O) groups excluding carboxylic acids is 2. The van der Waals surface area contributed by atoms with Crippen molar-refractivity contribution in [1.29, 1.82) is 0 Å². The Labute approximate surface area is 206 Å². The quantitative estimate of drug-likeness (QED) is 0.581. The molecule has 4 heteroatoms. The number of aliphatic hydroxyl groups is 1. The van der Waals surface area contributed by atoms with Crippen LogP contribution >= 0.6 is 0 Å². The molecule has 5 aliphatic rings. The van der Waals surface area contributed by atoms with Crippen LogP contribution in [-0.2, 0) is 9.59 Å². The van der Waals surface area contributed by atoms with Crippen LogP contribution in [0.5, 0.6) is 0 Å². The summed E-state index contributed by atoms with van der Waals surface area (Å²) < 4.78 is 0. The van der Waals surface area contributed by atoms with Crippen molar-refractivity contribution >= 4 is 11.8 Å². The van der Waals surface area contributed by atoms with E-state index in [0.29, 0.717) is 18.8 Å². The van der Waals surface area contributed by atoms with Crippen LogP contribution in [0, 0.1) is 50.2 Å². The standard InChI is InChI=1S/C30H46O4/c1-25(2)21-8-11-30(7)23(28(21,5)10-9-22(25)32)20(31)16-18-19-17-27(4,24(33)34)13-12-26(19,3)14-15-29(18,30)6/h16,19,21-23,32H,8-15,17H2,1-7H3,(H,33,34)/p-1/t19-,21-,22+,23-,26-,27+,28-,29+,30+/m1/s1. The lowest BCUT2D eigenvalue weighted by atomic mass is 9.33. The van der Waals surface area contributed by atoms with Gasteiger partial charge in [-0.3, -0.25) is 4.79 Å². The van der Waals surface area contributed by atoms with Gasteiger partial charge in [0.15, 0.2) is 5.78 Å². The van der Waals surface area contributed by atoms with E-state index in [1.807, 2.05) is 13.0 Å². The first-order valence-corrected chi connectivity index (χ1v) is 13.7. The molecule has 0 aromatic heterocycles. The molecule has 0 saturated heterocycles. The second-order valence-electron chi connectivity index (χ2n) is 14.9. The number of rotatable bonds is 1. The minimum absolute atomic E-state index is 0.0419. The second-order valence-corrected chi connectivity index (χ2v) is 14.9. The molecule has 0 unspecified atom stereocenters. The molecule has 9 atom stereocenters. The van der Waals surface area contributed by atoms with E-state index in [2.05, 4.69) is 41.5 Å². The summed E-state index contributed by atoms with van der Waals surface area (Å²) in [5, 5.41) is 23.0. The molecule has 5 rings (SSSR count). The molecule has 5 aliphatic carbocycles. The number of allylic oxidation sites excluding steroid dienone is 2. The van der Waals surface area contributed by atoms with Crippen LogP contribution in [0.3, 0.4) is 0 Å². The van der Waals surface area contributed by atoms with Crippen molar-refractivity contribution in [2.24, 2.45) is 50.2 Å². The number of aliphatic carboxylic acids is 1. The summed E-state index contributed by atoms with van der Waals surface area (Å²) in [6, 6.07) is 0. The van der Waals surface area contributed by atoms with Gasteiger partial charge in [-0.15, -0.1) is 0 Å². The lowest BCUT2D eigenvalue weighted by molar-refractivity contribution is -0.321. The fraction of sp³-hybridized carbons (Fsp3) is 0.867. The zero-order valence-corrected chi connectivity index (χ0v) is 22.4. The molecule has 1 N–H and O–H groups in total. The second kappa shape index (κ2) is 6.99. The van der Waals surface area contributed by atoms with E-state index in [-0.39, 0.29) is 50.8 Å². The summed E-state index contributed by atoms with van der Waals surface area (Å²) in [4.78, 5) is 26.3. The van der Waals surface area contributed by atoms with Gasteiger partial charge in [0.25, 0.3) is 0 Å². The maximum absolute atomic E-state index is 14.2. The SMILES string of the molecule is CC1(C)[C@H]2CC[C@@]3(C)[C@H](C(=O)C=C4[C@H]5C[C@@](C)(C(=O)[O-])CC[C@]5(C)CC[C@@]43C)[C@]2(C)CC[C@@H]1O. The molecule has 0 aromatic rings. The average molecular weight is 470 g/mol. The van der Waals surface area contributed by atoms with E-state index in [9.17, 15) is 19.8 Å². The van der Waals surface area contributed by atoms with Crippen molar-refractivity contribution in [3.63, 3.8) is 0 Å². The molecule has 4 saturated carbocycles. The molecule has 34 heavy (non-hydrogen) atoms. The lowest BCUT2D eigenvalue weighted by Crippen LogP contribution is -2.66. The highest BCUT2D eigenvalue weighted by Gasteiger charge is 2.70. The molecule has 4 fully saturated rings. The molecular weight excluding hydrogens is 424 g/mol. The van der Waals surface area contributed by atoms with Crippen molar-refractivity contribution in [2.75, 3.05) is 0 Å². The van der Waals surface area contributed by atoms with Gasteiger partial charge >= 0.3 is 0 Å². The Kier molecular flexibility index (Phi) is 5.04. The lowest BCUT2D eigenvalue weighted by Gasteiger charge is -2.70. The third kappa shape index (κ3) is 2.81. The van der Waals surface area contributed by atoms with Gasteiger partial charge in [-0.2, -0.15) is 0 Å². The predicted octanol–water partition coefficient (Wildman–Crippen LogP) is 5.08. The maximum atomic E-state index is 14.2. The van der Waals surface area contributed by atoms with Gasteiger partial charge in [-0.1, -0.05) is 54.0 Å². The summed E-state index contributed by atoms with van der Waals surface area (Å²) in [6.07, 6.45) is 9.69. The minimum atomic E-state index is -0.940. The van der Waals surface area contributed by atoms with Gasteiger partial charge in [0.05, 0.1) is 6.10 Å². The van der Waals surface area contributed by atoms with Gasteiger partial charge in [-0.05, 0) is 103 Å². The number of carboxylic acid groups (broad SMARTS) is 1. The molecule has 0 heterocycles. The number of fused-ring (bicyclic) bond motifs is 7. The van der Waals surface area contributed by atoms with E-state index in [1.54, 1.807) is 0 Å². The Morgan fingerprint density at radius 3 is 2.24 bits per heavy atom. The zero-order chi connectivity index (χ0) is 25.1. The van der Waals surface area contributed by atoms with Gasteiger partial charge in [0.1, 0.15) is 0 Å². The average Bonchev–Trinajstić information content (AvgIpc) is 2.73. The van der Waals surface area contributed by atoms with E-state index in [1.165, 1.54) is 5.57 Å². The van der Waals surface area contributed by atoms with Crippen LogP contribution in [0.25, 0.3) is 0 Å². The van der Waals surface area contributed by atoms with Crippen molar-refractivity contribution in [1.82, 2.24) is 0 Å². The van der Waals surface area contributed by atoms with Gasteiger partial charge < -0.3 is 15.0 Å². The maximum Gasteiger partial charge on any atom is 0.159 e. The minimum Gasteiger partial charge on any atom is -0.550 e. The molecule has 0 amide bonds. The van der Waals surface area contributed by atoms with Crippen LogP contribution in [-0.4, -0.2) is 23.0 Å². The third-order valence-corrected chi connectivity index (χ3v) is 13.0. The number of aliphatic hydroxyl groups excluding tert-OH is 1. The highest BCUT2D eigenvalue weighted by molar-refractivity contribution is 5.95. The first-order valence-electron chi connectivity index (χ1n) is 13.7. The summed E-state index contributed by atoms with van der Waals surface area (Å²) in [7, 11) is 0. The third-order valence-electron chi connectivity index (χ3n) is 13.0. The molecule has 0 bridgehead atoms. The van der Waals surface area contributed by atoms with Gasteiger partial charge in [0, 0.05) is 17.3 Å². The largest absolute Gasteiger partial charge is 0.550 e. The number of ketones is 1. The van der Waals surface area contributed by atoms with Crippen molar-refractivity contribution < 1.29 is 19.8 Å². The summed E-state index contributed by atoms with van der Waals surface area (Å²) in [6.45, 7) is 15.7. The fourth-order valence-corrected chi connectivity index (χ4v) is 10.4. The Morgan fingerprint density at radius 1 is 0.941 bits per heavy atom. The number of carboxylic acids is 1. The normalized spacial score (nSPS) is 54.1. The summed E-state index contributed by atoms with van der Waals surface area (Å²) in [5.74, 6) is -0.266. The Bertz CT molecular complexity index is 965. The van der Waals surface area contributed by atoms with Crippen molar-refractivity contribution in [3.8, 4) is 0 Å². The Hall–Kier alpha value is -1.16. The van der Waals surface area contributed by atoms with Crippen LogP contribution in [0.1, 0.15) is 106 Å². The first kappa shape index (κ1) is 24.5. The molecule has 4 nitrogen and oxygen atoms in total. The van der Waals surface area contributed by atoms with E-state index < -0.39 is 11.4 Å². The molecule has 190 valence electrons. The predicted molar refractivity (Wildman–Crippen MR) is 130 cm³/mol. The van der Waals surface area contributed by atoms with E-state index in [0.717, 1.165) is 44.9 Å². The first-order chi connectivity index (χ1) is 15.6. The molecule has 0 spiro atoms. The Balaban J connectivity index is 1.62. The van der Waals surface area contributed by atoms with E-state index >= 15 is 0 Å². The fourth-order valence-electron chi connectivity index (χ4n) is 10.4. The number of hydrogen-bond donors (Lipinski definition) is 1. The molecule has 0 aromatic carbocycles. The monoisotopic (exact) mass is 469 g/mol. The molecule has 0 radical (unpaired) electrons. The van der Waals surface area contributed by atoms with Crippen LogP contribution in [0.4, 0.5) is 0 Å². The number of carbonyl (C=O) groups is 2. The Morgan fingerprint density at radius 2 is 1.59 bits per heavy atom. The topological polar surface area (TPSA) is 77.4 Å². The highest BCUT2D eigenvalue weighted by Crippen LogP contribution is 2.75. The summed E-state index contributed by atoms with van der Waals surface area (Å²) in [5.41, 5.74) is -0.0781. The van der Waals surface area contributed by atoms with Gasteiger partial charge in [0.2, 0.25) is 0 Å². The molecular formula is C30H45O4-. The van der Waals surface area contributed by atoms with Crippen LogP contribution in [0.2, 0.25) is 0 Å².